The Kier molecular flexibility index (Phi) is 4.88. The number of aromatic nitrogens is 5. The maximum Gasteiger partial charge on any atom is 0.244 e. The second-order valence-electron chi connectivity index (χ2n) is 5.69. The van der Waals surface area contributed by atoms with Crippen LogP contribution in [0.15, 0.2) is 18.7 Å². The molecule has 0 unspecified atom stereocenters. The van der Waals surface area contributed by atoms with E-state index in [1.54, 1.807) is 11.0 Å². The normalized spacial score (nSPS) is 14.8. The standard InChI is InChI=1S/C15H22N8O/c1-3-17-13-8-12(2)19-15(20-13)22-6-4-21(5-7-22)14(24)9-23-11-16-10-18-23/h8,10-11H,3-7,9H2,1-2H3,(H,17,19,20). The molecule has 128 valence electrons. The number of nitrogens with zero attached hydrogens (tertiary/aromatic N) is 7. The molecule has 1 aliphatic rings. The lowest BCUT2D eigenvalue weighted by atomic mass is 10.3. The third-order valence-corrected chi connectivity index (χ3v) is 3.88. The van der Waals surface area contributed by atoms with E-state index in [4.69, 9.17) is 0 Å². The van der Waals surface area contributed by atoms with Crippen LogP contribution >= 0.6 is 0 Å². The number of carbonyl (C=O) groups excluding carboxylic acids is 1. The SMILES string of the molecule is CCNc1cc(C)nc(N2CCN(C(=O)Cn3cncn3)CC2)n1. The van der Waals surface area contributed by atoms with Gasteiger partial charge in [-0.2, -0.15) is 10.1 Å². The van der Waals surface area contributed by atoms with Crippen molar-refractivity contribution < 1.29 is 4.79 Å². The fraction of sp³-hybridized carbons (Fsp3) is 0.533. The molecule has 2 aromatic heterocycles. The van der Waals surface area contributed by atoms with E-state index in [-0.39, 0.29) is 12.5 Å². The predicted octanol–water partition coefficient (Wildman–Crippen LogP) is 0.157. The lowest BCUT2D eigenvalue weighted by molar-refractivity contribution is -0.132. The van der Waals surface area contributed by atoms with E-state index in [0.717, 1.165) is 31.1 Å². The molecule has 1 amide bonds. The van der Waals surface area contributed by atoms with E-state index in [1.807, 2.05) is 24.8 Å². The highest BCUT2D eigenvalue weighted by molar-refractivity contribution is 5.76. The Morgan fingerprint density at radius 1 is 1.25 bits per heavy atom. The first-order chi connectivity index (χ1) is 11.7. The smallest absolute Gasteiger partial charge is 0.244 e. The topological polar surface area (TPSA) is 92.1 Å². The number of anilines is 2. The Labute approximate surface area is 140 Å². The summed E-state index contributed by atoms with van der Waals surface area (Å²) in [5.74, 6) is 1.61. The van der Waals surface area contributed by atoms with Gasteiger partial charge in [-0.25, -0.2) is 14.6 Å². The van der Waals surface area contributed by atoms with E-state index in [9.17, 15) is 4.79 Å². The van der Waals surface area contributed by atoms with Crippen molar-refractivity contribution in [1.82, 2.24) is 29.6 Å². The molecule has 0 aliphatic carbocycles. The Bertz CT molecular complexity index is 679. The molecule has 0 saturated carbocycles. The number of nitrogens with one attached hydrogen (secondary N) is 1. The molecule has 3 rings (SSSR count). The van der Waals surface area contributed by atoms with Gasteiger partial charge >= 0.3 is 0 Å². The molecule has 24 heavy (non-hydrogen) atoms. The average molecular weight is 330 g/mol. The van der Waals surface area contributed by atoms with Crippen LogP contribution in [0.25, 0.3) is 0 Å². The lowest BCUT2D eigenvalue weighted by Crippen LogP contribution is -2.50. The summed E-state index contributed by atoms with van der Waals surface area (Å²) < 4.78 is 1.54. The summed E-state index contributed by atoms with van der Waals surface area (Å²) in [6, 6.07) is 1.94. The maximum absolute atomic E-state index is 12.3. The van der Waals surface area contributed by atoms with Crippen LogP contribution in [0.4, 0.5) is 11.8 Å². The summed E-state index contributed by atoms with van der Waals surface area (Å²) in [7, 11) is 0. The Morgan fingerprint density at radius 3 is 2.71 bits per heavy atom. The van der Waals surface area contributed by atoms with Crippen molar-refractivity contribution in [2.75, 3.05) is 42.9 Å². The molecule has 1 N–H and O–H groups in total. The van der Waals surface area contributed by atoms with Gasteiger partial charge in [-0.05, 0) is 13.8 Å². The lowest BCUT2D eigenvalue weighted by Gasteiger charge is -2.34. The summed E-state index contributed by atoms with van der Waals surface area (Å²) >= 11 is 0. The fourth-order valence-corrected chi connectivity index (χ4v) is 2.67. The van der Waals surface area contributed by atoms with Crippen LogP contribution in [0.3, 0.4) is 0 Å². The molecule has 2 aromatic rings. The van der Waals surface area contributed by atoms with E-state index in [0.29, 0.717) is 19.0 Å². The molecule has 0 spiro atoms. The number of hydrogen-bond acceptors (Lipinski definition) is 7. The van der Waals surface area contributed by atoms with Crippen molar-refractivity contribution >= 4 is 17.7 Å². The third-order valence-electron chi connectivity index (χ3n) is 3.88. The minimum Gasteiger partial charge on any atom is -0.370 e. The molecule has 9 nitrogen and oxygen atoms in total. The number of rotatable bonds is 5. The van der Waals surface area contributed by atoms with Gasteiger partial charge in [0.2, 0.25) is 11.9 Å². The quantitative estimate of drug-likeness (QED) is 0.834. The molecule has 0 bridgehead atoms. The molecule has 1 fully saturated rings. The molecule has 0 radical (unpaired) electrons. The van der Waals surface area contributed by atoms with Crippen LogP contribution in [0, 0.1) is 6.92 Å². The van der Waals surface area contributed by atoms with Crippen LogP contribution < -0.4 is 10.2 Å². The number of piperazine rings is 1. The molecule has 0 atom stereocenters. The van der Waals surface area contributed by atoms with Crippen molar-refractivity contribution in [1.29, 1.82) is 0 Å². The van der Waals surface area contributed by atoms with Crippen molar-refractivity contribution in [2.45, 2.75) is 20.4 Å². The van der Waals surface area contributed by atoms with Gasteiger partial charge in [0, 0.05) is 44.5 Å². The Morgan fingerprint density at radius 2 is 2.04 bits per heavy atom. The summed E-state index contributed by atoms with van der Waals surface area (Å²) in [4.78, 5) is 29.2. The van der Waals surface area contributed by atoms with Gasteiger partial charge in [0.05, 0.1) is 0 Å². The predicted molar refractivity (Wildman–Crippen MR) is 89.7 cm³/mol. The van der Waals surface area contributed by atoms with Gasteiger partial charge in [-0.1, -0.05) is 0 Å². The van der Waals surface area contributed by atoms with Crippen LogP contribution in [0.5, 0.6) is 0 Å². The highest BCUT2D eigenvalue weighted by Crippen LogP contribution is 2.15. The maximum atomic E-state index is 12.3. The van der Waals surface area contributed by atoms with Gasteiger partial charge in [0.25, 0.3) is 0 Å². The first-order valence-corrected chi connectivity index (χ1v) is 8.10. The van der Waals surface area contributed by atoms with Gasteiger partial charge < -0.3 is 15.1 Å². The van der Waals surface area contributed by atoms with E-state index >= 15 is 0 Å². The minimum absolute atomic E-state index is 0.0543. The van der Waals surface area contributed by atoms with E-state index < -0.39 is 0 Å². The molecular formula is C15H22N8O. The van der Waals surface area contributed by atoms with Crippen molar-refractivity contribution in [2.24, 2.45) is 0 Å². The van der Waals surface area contributed by atoms with E-state index in [2.05, 4.69) is 30.3 Å². The Hall–Kier alpha value is -2.71. The third kappa shape index (κ3) is 3.79. The van der Waals surface area contributed by atoms with Crippen LogP contribution in [-0.2, 0) is 11.3 Å². The molecule has 9 heteroatoms. The molecule has 3 heterocycles. The second kappa shape index (κ2) is 7.24. The average Bonchev–Trinajstić information content (AvgIpc) is 3.08. The van der Waals surface area contributed by atoms with Gasteiger partial charge in [0.15, 0.2) is 0 Å². The van der Waals surface area contributed by atoms with Gasteiger partial charge in [-0.3, -0.25) is 4.79 Å². The molecule has 0 aromatic carbocycles. The summed E-state index contributed by atoms with van der Waals surface area (Å²) in [6.07, 6.45) is 2.99. The van der Waals surface area contributed by atoms with Crippen molar-refractivity contribution in [3.05, 3.63) is 24.4 Å². The second-order valence-corrected chi connectivity index (χ2v) is 5.69. The summed E-state index contributed by atoms with van der Waals surface area (Å²) in [5.41, 5.74) is 0.931. The Balaban J connectivity index is 1.59. The summed E-state index contributed by atoms with van der Waals surface area (Å²) in [5, 5.41) is 7.19. The minimum atomic E-state index is 0.0543. The first-order valence-electron chi connectivity index (χ1n) is 8.10. The van der Waals surface area contributed by atoms with Crippen LogP contribution in [0.1, 0.15) is 12.6 Å². The number of amides is 1. The number of carbonyl (C=O) groups is 1. The zero-order valence-electron chi connectivity index (χ0n) is 14.0. The molecule has 1 aliphatic heterocycles. The number of aryl methyl sites for hydroxylation is 1. The zero-order valence-corrected chi connectivity index (χ0v) is 14.0. The van der Waals surface area contributed by atoms with Crippen LogP contribution in [-0.4, -0.2) is 68.3 Å². The van der Waals surface area contributed by atoms with E-state index in [1.165, 1.54) is 6.33 Å². The van der Waals surface area contributed by atoms with Gasteiger partial charge in [-0.15, -0.1) is 0 Å². The molecule has 1 saturated heterocycles. The number of hydrogen-bond donors (Lipinski definition) is 1. The zero-order chi connectivity index (χ0) is 16.9. The highest BCUT2D eigenvalue weighted by Gasteiger charge is 2.23. The first kappa shape index (κ1) is 16.2. The summed E-state index contributed by atoms with van der Waals surface area (Å²) in [6.45, 7) is 7.80. The van der Waals surface area contributed by atoms with Gasteiger partial charge in [0.1, 0.15) is 25.0 Å². The molecular weight excluding hydrogens is 308 g/mol. The van der Waals surface area contributed by atoms with Crippen LogP contribution in [0.2, 0.25) is 0 Å². The van der Waals surface area contributed by atoms with Crippen molar-refractivity contribution in [3.63, 3.8) is 0 Å². The highest BCUT2D eigenvalue weighted by atomic mass is 16.2. The van der Waals surface area contributed by atoms with Crippen molar-refractivity contribution in [3.8, 4) is 0 Å². The fourth-order valence-electron chi connectivity index (χ4n) is 2.67. The monoisotopic (exact) mass is 330 g/mol. The largest absolute Gasteiger partial charge is 0.370 e.